The summed E-state index contributed by atoms with van der Waals surface area (Å²) in [6, 6.07) is 1.10. The van der Waals surface area contributed by atoms with Crippen molar-refractivity contribution < 1.29 is 4.79 Å². The smallest absolute Gasteiger partial charge is 0.317 e. The van der Waals surface area contributed by atoms with Crippen LogP contribution in [0.25, 0.3) is 0 Å². The number of carbonyl (C=O) groups excluding carboxylic acids is 1. The number of hydrogen-bond donors (Lipinski definition) is 1. The molecule has 3 nitrogen and oxygen atoms in total. The Hall–Kier alpha value is -0.730. The van der Waals surface area contributed by atoms with Crippen LogP contribution in [0.15, 0.2) is 0 Å². The Labute approximate surface area is 92.2 Å². The lowest BCUT2D eigenvalue weighted by molar-refractivity contribution is 0.183. The summed E-state index contributed by atoms with van der Waals surface area (Å²) in [5.74, 6) is 0. The van der Waals surface area contributed by atoms with Crippen molar-refractivity contribution in [3.63, 3.8) is 0 Å². The van der Waals surface area contributed by atoms with Gasteiger partial charge in [0.05, 0.1) is 0 Å². The first kappa shape index (κ1) is 10.8. The summed E-state index contributed by atoms with van der Waals surface area (Å²) in [6.07, 6.45) is 9.97. The van der Waals surface area contributed by atoms with Gasteiger partial charge in [0, 0.05) is 19.1 Å². The average Bonchev–Trinajstić information content (AvgIpc) is 3.01. The van der Waals surface area contributed by atoms with Gasteiger partial charge in [0.1, 0.15) is 0 Å². The number of carbonyl (C=O) groups is 1. The number of nitrogens with zero attached hydrogens (tertiary/aromatic N) is 1. The number of nitrogens with one attached hydrogen (secondary N) is 1. The lowest BCUT2D eigenvalue weighted by Gasteiger charge is -2.27. The van der Waals surface area contributed by atoms with Crippen LogP contribution in [0.3, 0.4) is 0 Å². The molecule has 0 bridgehead atoms. The zero-order valence-electron chi connectivity index (χ0n) is 9.67. The summed E-state index contributed by atoms with van der Waals surface area (Å²) in [7, 11) is 1.95. The predicted molar refractivity (Wildman–Crippen MR) is 60.8 cm³/mol. The van der Waals surface area contributed by atoms with E-state index < -0.39 is 0 Å². The van der Waals surface area contributed by atoms with Crippen molar-refractivity contribution in [1.82, 2.24) is 10.2 Å². The zero-order chi connectivity index (χ0) is 10.7. The Morgan fingerprint density at radius 3 is 2.20 bits per heavy atom. The summed E-state index contributed by atoms with van der Waals surface area (Å²) in [4.78, 5) is 13.8. The van der Waals surface area contributed by atoms with Crippen LogP contribution in [0.2, 0.25) is 0 Å². The highest BCUT2D eigenvalue weighted by atomic mass is 16.2. The first-order valence-electron chi connectivity index (χ1n) is 6.30. The first-order valence-corrected chi connectivity index (χ1v) is 6.30. The van der Waals surface area contributed by atoms with Gasteiger partial charge in [0.15, 0.2) is 0 Å². The first-order chi connectivity index (χ1) is 7.27. The van der Waals surface area contributed by atoms with E-state index in [9.17, 15) is 4.79 Å². The molecule has 0 radical (unpaired) electrons. The van der Waals surface area contributed by atoms with Gasteiger partial charge >= 0.3 is 6.03 Å². The van der Waals surface area contributed by atoms with Gasteiger partial charge in [-0.1, -0.05) is 25.7 Å². The van der Waals surface area contributed by atoms with Gasteiger partial charge in [-0.05, 0) is 25.7 Å². The Bertz CT molecular complexity index is 218. The molecule has 2 saturated carbocycles. The largest absolute Gasteiger partial charge is 0.335 e. The van der Waals surface area contributed by atoms with Gasteiger partial charge in [0.25, 0.3) is 0 Å². The van der Waals surface area contributed by atoms with Crippen LogP contribution >= 0.6 is 0 Å². The molecule has 2 rings (SSSR count). The SMILES string of the molecule is CN(C(=O)NC1CC1)C1CCCCCC1. The summed E-state index contributed by atoms with van der Waals surface area (Å²) < 4.78 is 0. The second kappa shape index (κ2) is 4.86. The van der Waals surface area contributed by atoms with Crippen molar-refractivity contribution >= 4 is 6.03 Å². The van der Waals surface area contributed by atoms with E-state index in [0.29, 0.717) is 12.1 Å². The van der Waals surface area contributed by atoms with Gasteiger partial charge in [0.2, 0.25) is 0 Å². The molecular formula is C12H22N2O. The molecule has 0 aromatic heterocycles. The van der Waals surface area contributed by atoms with Crippen molar-refractivity contribution in [3.8, 4) is 0 Å². The maximum absolute atomic E-state index is 11.8. The van der Waals surface area contributed by atoms with Crippen LogP contribution in [0.5, 0.6) is 0 Å². The summed E-state index contributed by atoms with van der Waals surface area (Å²) in [6.45, 7) is 0. The quantitative estimate of drug-likeness (QED) is 0.698. The van der Waals surface area contributed by atoms with Gasteiger partial charge in [-0.25, -0.2) is 4.79 Å². The molecule has 0 aromatic carbocycles. The fourth-order valence-corrected chi connectivity index (χ4v) is 2.32. The van der Waals surface area contributed by atoms with Gasteiger partial charge in [-0.3, -0.25) is 0 Å². The van der Waals surface area contributed by atoms with E-state index in [1.807, 2.05) is 11.9 Å². The highest BCUT2D eigenvalue weighted by Gasteiger charge is 2.27. The van der Waals surface area contributed by atoms with E-state index in [1.165, 1.54) is 51.4 Å². The molecule has 0 unspecified atom stereocenters. The molecule has 0 heterocycles. The number of hydrogen-bond acceptors (Lipinski definition) is 1. The summed E-state index contributed by atoms with van der Waals surface area (Å²) in [5.41, 5.74) is 0. The lowest BCUT2D eigenvalue weighted by Crippen LogP contribution is -2.44. The van der Waals surface area contributed by atoms with Crippen LogP contribution in [-0.2, 0) is 0 Å². The van der Waals surface area contributed by atoms with Crippen molar-refractivity contribution in [1.29, 1.82) is 0 Å². The molecule has 0 aromatic rings. The van der Waals surface area contributed by atoms with Crippen LogP contribution in [0.4, 0.5) is 4.79 Å². The summed E-state index contributed by atoms with van der Waals surface area (Å²) >= 11 is 0. The van der Waals surface area contributed by atoms with Crippen molar-refractivity contribution in [2.24, 2.45) is 0 Å². The van der Waals surface area contributed by atoms with Crippen molar-refractivity contribution in [3.05, 3.63) is 0 Å². The maximum Gasteiger partial charge on any atom is 0.317 e. The van der Waals surface area contributed by atoms with Crippen LogP contribution in [0.1, 0.15) is 51.4 Å². The minimum atomic E-state index is 0.143. The van der Waals surface area contributed by atoms with Crippen LogP contribution < -0.4 is 5.32 Å². The van der Waals surface area contributed by atoms with Crippen LogP contribution in [-0.4, -0.2) is 30.1 Å². The van der Waals surface area contributed by atoms with E-state index in [1.54, 1.807) is 0 Å². The molecule has 86 valence electrons. The molecule has 1 N–H and O–H groups in total. The summed E-state index contributed by atoms with van der Waals surface area (Å²) in [5, 5.41) is 3.06. The zero-order valence-corrected chi connectivity index (χ0v) is 9.67. The third-order valence-electron chi connectivity index (χ3n) is 3.60. The maximum atomic E-state index is 11.8. The molecule has 2 fully saturated rings. The number of urea groups is 1. The molecule has 0 spiro atoms. The fraction of sp³-hybridized carbons (Fsp3) is 0.917. The fourth-order valence-electron chi connectivity index (χ4n) is 2.32. The number of rotatable bonds is 2. The second-order valence-electron chi connectivity index (χ2n) is 4.98. The van der Waals surface area contributed by atoms with E-state index in [0.717, 1.165) is 0 Å². The van der Waals surface area contributed by atoms with Crippen molar-refractivity contribution in [2.75, 3.05) is 7.05 Å². The van der Waals surface area contributed by atoms with Crippen molar-refractivity contribution in [2.45, 2.75) is 63.5 Å². The molecule has 0 aliphatic heterocycles. The minimum absolute atomic E-state index is 0.143. The molecular weight excluding hydrogens is 188 g/mol. The molecule has 3 heteroatoms. The number of amides is 2. The minimum Gasteiger partial charge on any atom is -0.335 e. The molecule has 0 saturated heterocycles. The van der Waals surface area contributed by atoms with Gasteiger partial charge in [-0.2, -0.15) is 0 Å². The molecule has 0 atom stereocenters. The molecule has 2 aliphatic carbocycles. The Morgan fingerprint density at radius 1 is 1.07 bits per heavy atom. The normalized spacial score (nSPS) is 23.3. The topological polar surface area (TPSA) is 32.3 Å². The standard InChI is InChI=1S/C12H22N2O/c1-14(12(15)13-10-8-9-10)11-6-4-2-3-5-7-11/h10-11H,2-9H2,1H3,(H,13,15). The molecule has 15 heavy (non-hydrogen) atoms. The average molecular weight is 210 g/mol. The van der Waals surface area contributed by atoms with E-state index in [4.69, 9.17) is 0 Å². The monoisotopic (exact) mass is 210 g/mol. The lowest BCUT2D eigenvalue weighted by atomic mass is 10.1. The van der Waals surface area contributed by atoms with Gasteiger partial charge < -0.3 is 10.2 Å². The van der Waals surface area contributed by atoms with Crippen LogP contribution in [0, 0.1) is 0 Å². The highest BCUT2D eigenvalue weighted by Crippen LogP contribution is 2.23. The Morgan fingerprint density at radius 2 is 1.67 bits per heavy atom. The molecule has 2 aliphatic rings. The van der Waals surface area contributed by atoms with E-state index in [2.05, 4.69) is 5.32 Å². The molecule has 2 amide bonds. The third kappa shape index (κ3) is 3.11. The Kier molecular flexibility index (Phi) is 3.49. The van der Waals surface area contributed by atoms with E-state index in [-0.39, 0.29) is 6.03 Å². The second-order valence-corrected chi connectivity index (χ2v) is 4.98. The highest BCUT2D eigenvalue weighted by molar-refractivity contribution is 5.74. The van der Waals surface area contributed by atoms with E-state index >= 15 is 0 Å². The predicted octanol–water partition coefficient (Wildman–Crippen LogP) is 2.51. The third-order valence-corrected chi connectivity index (χ3v) is 3.60. The Balaban J connectivity index is 1.80. The van der Waals surface area contributed by atoms with Gasteiger partial charge in [-0.15, -0.1) is 0 Å².